The van der Waals surface area contributed by atoms with Crippen molar-refractivity contribution in [3.63, 3.8) is 0 Å². The molecule has 100 valence electrons. The third-order valence-corrected chi connectivity index (χ3v) is 3.51. The lowest BCUT2D eigenvalue weighted by Gasteiger charge is -2.25. The zero-order valence-electron chi connectivity index (χ0n) is 11.1. The van der Waals surface area contributed by atoms with Gasteiger partial charge in [0.15, 0.2) is 11.3 Å². The Bertz CT molecular complexity index is 651. The molecule has 1 aromatic heterocycles. The van der Waals surface area contributed by atoms with E-state index in [4.69, 9.17) is 4.74 Å². The summed E-state index contributed by atoms with van der Waals surface area (Å²) in [4.78, 5) is 16.8. The number of fused-ring (bicyclic) bond motifs is 1. The number of carbonyl (C=O) groups excluding carboxylic acids is 1. The van der Waals surface area contributed by atoms with E-state index in [0.717, 1.165) is 5.56 Å². The predicted octanol–water partition coefficient (Wildman–Crippen LogP) is 3.21. The van der Waals surface area contributed by atoms with Crippen LogP contribution in [-0.4, -0.2) is 16.4 Å². The second-order valence-electron chi connectivity index (χ2n) is 4.93. The number of rotatable bonds is 4. The van der Waals surface area contributed by atoms with E-state index in [0.29, 0.717) is 24.3 Å². The summed E-state index contributed by atoms with van der Waals surface area (Å²) in [5.41, 5.74) is 0.584. The number of hydrogen-bond donors (Lipinski definition) is 0. The maximum absolute atomic E-state index is 12.7. The standard InChI is InChI=1S/C17H15NO2/c1-2-10-17(12-13-7-4-3-5-8-13)16(19)15-14(20-17)9-6-11-18-15/h2-9,11H,1,10,12H2/t17-/m0/s1. The second-order valence-corrected chi connectivity index (χ2v) is 4.93. The minimum atomic E-state index is -0.903. The first kappa shape index (κ1) is 12.6. The fourth-order valence-electron chi connectivity index (χ4n) is 2.60. The molecular formula is C17H15NO2. The van der Waals surface area contributed by atoms with Gasteiger partial charge < -0.3 is 4.74 Å². The number of benzene rings is 1. The molecule has 0 saturated heterocycles. The first-order chi connectivity index (χ1) is 9.75. The molecule has 3 nitrogen and oxygen atoms in total. The minimum absolute atomic E-state index is 0.0585. The van der Waals surface area contributed by atoms with Crippen LogP contribution in [0.2, 0.25) is 0 Å². The summed E-state index contributed by atoms with van der Waals surface area (Å²) in [6.07, 6.45) is 4.34. The predicted molar refractivity (Wildman–Crippen MR) is 76.9 cm³/mol. The molecule has 0 unspecified atom stereocenters. The summed E-state index contributed by atoms with van der Waals surface area (Å²) in [6.45, 7) is 3.76. The molecule has 3 heteroatoms. The molecule has 0 N–H and O–H groups in total. The molecule has 0 spiro atoms. The number of pyridine rings is 1. The maximum atomic E-state index is 12.7. The van der Waals surface area contributed by atoms with E-state index < -0.39 is 5.60 Å². The van der Waals surface area contributed by atoms with Crippen molar-refractivity contribution in [1.29, 1.82) is 0 Å². The lowest BCUT2D eigenvalue weighted by molar-refractivity contribution is 0.0570. The van der Waals surface area contributed by atoms with Gasteiger partial charge in [0.1, 0.15) is 5.75 Å². The van der Waals surface area contributed by atoms with Gasteiger partial charge in [-0.1, -0.05) is 36.4 Å². The molecule has 2 aromatic rings. The molecule has 3 rings (SSSR count). The fourth-order valence-corrected chi connectivity index (χ4v) is 2.60. The SMILES string of the molecule is C=CC[C@@]1(Cc2ccccc2)Oc2cccnc2C1=O. The Hall–Kier alpha value is -2.42. The van der Waals surface area contributed by atoms with Crippen molar-refractivity contribution in [3.05, 3.63) is 72.6 Å². The molecule has 0 radical (unpaired) electrons. The van der Waals surface area contributed by atoms with Crippen molar-refractivity contribution in [2.45, 2.75) is 18.4 Å². The molecule has 0 bridgehead atoms. The van der Waals surface area contributed by atoms with Gasteiger partial charge in [0.05, 0.1) is 0 Å². The van der Waals surface area contributed by atoms with E-state index in [1.165, 1.54) is 0 Å². The van der Waals surface area contributed by atoms with Gasteiger partial charge in [0.25, 0.3) is 0 Å². The van der Waals surface area contributed by atoms with Crippen molar-refractivity contribution in [2.75, 3.05) is 0 Å². The van der Waals surface area contributed by atoms with Crippen molar-refractivity contribution >= 4 is 5.78 Å². The number of carbonyl (C=O) groups is 1. The summed E-state index contributed by atoms with van der Waals surface area (Å²) in [5, 5.41) is 0. The topological polar surface area (TPSA) is 39.2 Å². The van der Waals surface area contributed by atoms with Crippen LogP contribution in [0.25, 0.3) is 0 Å². The summed E-state index contributed by atoms with van der Waals surface area (Å²) in [7, 11) is 0. The van der Waals surface area contributed by atoms with Gasteiger partial charge in [-0.3, -0.25) is 4.79 Å². The first-order valence-electron chi connectivity index (χ1n) is 6.59. The van der Waals surface area contributed by atoms with Gasteiger partial charge in [-0.25, -0.2) is 4.98 Å². The summed E-state index contributed by atoms with van der Waals surface area (Å²) < 4.78 is 5.97. The zero-order chi connectivity index (χ0) is 14.0. The first-order valence-corrected chi connectivity index (χ1v) is 6.59. The molecule has 1 aliphatic rings. The molecule has 0 fully saturated rings. The Morgan fingerprint density at radius 3 is 2.70 bits per heavy atom. The smallest absolute Gasteiger partial charge is 0.229 e. The van der Waals surface area contributed by atoms with Gasteiger partial charge >= 0.3 is 0 Å². The van der Waals surface area contributed by atoms with E-state index in [2.05, 4.69) is 11.6 Å². The molecule has 1 aliphatic heterocycles. The summed E-state index contributed by atoms with van der Waals surface area (Å²) >= 11 is 0. The van der Waals surface area contributed by atoms with Crippen LogP contribution in [0.5, 0.6) is 5.75 Å². The largest absolute Gasteiger partial charge is 0.476 e. The van der Waals surface area contributed by atoms with Crippen molar-refractivity contribution in [3.8, 4) is 5.75 Å². The van der Waals surface area contributed by atoms with Crippen LogP contribution in [0.15, 0.2) is 61.3 Å². The van der Waals surface area contributed by atoms with Crippen LogP contribution < -0.4 is 4.74 Å². The van der Waals surface area contributed by atoms with E-state index in [9.17, 15) is 4.79 Å². The normalized spacial score (nSPS) is 20.3. The average Bonchev–Trinajstić information content (AvgIpc) is 2.74. The molecule has 2 heterocycles. The highest BCUT2D eigenvalue weighted by atomic mass is 16.5. The highest BCUT2D eigenvalue weighted by Crippen LogP contribution is 2.37. The number of nitrogens with zero attached hydrogens (tertiary/aromatic N) is 1. The van der Waals surface area contributed by atoms with Gasteiger partial charge in [-0.05, 0) is 17.7 Å². The molecule has 1 atom stereocenters. The van der Waals surface area contributed by atoms with Gasteiger partial charge in [0, 0.05) is 19.0 Å². The molecule has 20 heavy (non-hydrogen) atoms. The number of Topliss-reactive ketones (excluding diaryl/α,β-unsaturated/α-hetero) is 1. The zero-order valence-corrected chi connectivity index (χ0v) is 11.1. The quantitative estimate of drug-likeness (QED) is 0.797. The molecular weight excluding hydrogens is 250 g/mol. The minimum Gasteiger partial charge on any atom is -0.476 e. The lowest BCUT2D eigenvalue weighted by Crippen LogP contribution is -2.42. The highest BCUT2D eigenvalue weighted by Gasteiger charge is 2.47. The van der Waals surface area contributed by atoms with Gasteiger partial charge in [-0.15, -0.1) is 6.58 Å². The van der Waals surface area contributed by atoms with Crippen LogP contribution in [0.1, 0.15) is 22.5 Å². The van der Waals surface area contributed by atoms with Crippen LogP contribution in [0, 0.1) is 0 Å². The molecule has 0 amide bonds. The average molecular weight is 265 g/mol. The van der Waals surface area contributed by atoms with E-state index in [1.807, 2.05) is 30.3 Å². The van der Waals surface area contributed by atoms with E-state index in [1.54, 1.807) is 24.4 Å². The Kier molecular flexibility index (Phi) is 3.11. The van der Waals surface area contributed by atoms with Crippen LogP contribution >= 0.6 is 0 Å². The van der Waals surface area contributed by atoms with Crippen molar-refractivity contribution in [2.24, 2.45) is 0 Å². The number of hydrogen-bond acceptors (Lipinski definition) is 3. The molecule has 1 aromatic carbocycles. The maximum Gasteiger partial charge on any atom is 0.229 e. The highest BCUT2D eigenvalue weighted by molar-refractivity contribution is 6.06. The van der Waals surface area contributed by atoms with Gasteiger partial charge in [-0.2, -0.15) is 0 Å². The van der Waals surface area contributed by atoms with Gasteiger partial charge in [0.2, 0.25) is 5.78 Å². The second kappa shape index (κ2) is 4.93. The van der Waals surface area contributed by atoms with E-state index in [-0.39, 0.29) is 5.78 Å². The summed E-state index contributed by atoms with van der Waals surface area (Å²) in [6, 6.07) is 13.4. The van der Waals surface area contributed by atoms with Crippen LogP contribution in [0.4, 0.5) is 0 Å². The Labute approximate surface area is 117 Å². The fraction of sp³-hybridized carbons (Fsp3) is 0.176. The van der Waals surface area contributed by atoms with Crippen LogP contribution in [-0.2, 0) is 6.42 Å². The third-order valence-electron chi connectivity index (χ3n) is 3.51. The Morgan fingerprint density at radius 1 is 1.20 bits per heavy atom. The Balaban J connectivity index is 1.99. The number of ketones is 1. The molecule has 0 saturated carbocycles. The third kappa shape index (κ3) is 2.01. The summed E-state index contributed by atoms with van der Waals surface area (Å²) in [5.74, 6) is 0.507. The van der Waals surface area contributed by atoms with Crippen LogP contribution in [0.3, 0.4) is 0 Å². The van der Waals surface area contributed by atoms with Crippen molar-refractivity contribution < 1.29 is 9.53 Å². The van der Waals surface area contributed by atoms with E-state index >= 15 is 0 Å². The lowest BCUT2D eigenvalue weighted by atomic mass is 9.87. The number of aromatic nitrogens is 1. The van der Waals surface area contributed by atoms with Crippen molar-refractivity contribution in [1.82, 2.24) is 4.98 Å². The number of ether oxygens (including phenoxy) is 1. The monoisotopic (exact) mass is 265 g/mol. The molecule has 0 aliphatic carbocycles. The Morgan fingerprint density at radius 2 is 2.00 bits per heavy atom.